The molecule has 2 heterocycles. The number of nitrogens with one attached hydrogen (secondary N) is 1. The third-order valence-electron chi connectivity index (χ3n) is 3.26. The monoisotopic (exact) mass is 285 g/mol. The van der Waals surface area contributed by atoms with Gasteiger partial charge in [0.25, 0.3) is 5.56 Å². The quantitative estimate of drug-likeness (QED) is 0.472. The number of ether oxygens (including phenoxy) is 1. The van der Waals surface area contributed by atoms with Gasteiger partial charge < -0.3 is 20.7 Å². The van der Waals surface area contributed by atoms with E-state index >= 15 is 0 Å². The maximum atomic E-state index is 11.7. The molecule has 0 aliphatic carbocycles. The zero-order chi connectivity index (χ0) is 14.9. The van der Waals surface area contributed by atoms with Crippen molar-refractivity contribution < 1.29 is 19.7 Å². The number of H-pyrrole nitrogens is 1. The molecule has 4 atom stereocenters. The largest absolute Gasteiger partial charge is 0.394 e. The molecule has 1 aliphatic heterocycles. The van der Waals surface area contributed by atoms with Crippen LogP contribution >= 0.6 is 0 Å². The van der Waals surface area contributed by atoms with E-state index in [4.69, 9.17) is 10.5 Å². The molecular weight excluding hydrogens is 270 g/mol. The number of amides is 1. The molecule has 5 N–H and O–H groups in total. The van der Waals surface area contributed by atoms with Crippen LogP contribution in [0, 0.1) is 5.92 Å². The number of primary amides is 1. The van der Waals surface area contributed by atoms with Crippen LogP contribution in [0.3, 0.4) is 0 Å². The molecule has 1 aliphatic rings. The summed E-state index contributed by atoms with van der Waals surface area (Å²) in [5, 5.41) is 19.4. The Morgan fingerprint density at radius 2 is 2.20 bits per heavy atom. The van der Waals surface area contributed by atoms with Gasteiger partial charge >= 0.3 is 5.69 Å². The van der Waals surface area contributed by atoms with Crippen LogP contribution in [-0.2, 0) is 9.53 Å². The minimum absolute atomic E-state index is 0.180. The van der Waals surface area contributed by atoms with Crippen LogP contribution in [0.15, 0.2) is 21.9 Å². The number of hydrogen-bond acceptors (Lipinski definition) is 6. The number of aromatic amines is 1. The average molecular weight is 285 g/mol. The molecule has 1 fully saturated rings. The van der Waals surface area contributed by atoms with Crippen molar-refractivity contribution in [2.45, 2.75) is 24.9 Å². The first-order valence-corrected chi connectivity index (χ1v) is 5.98. The molecule has 0 spiro atoms. The van der Waals surface area contributed by atoms with Crippen molar-refractivity contribution in [3.63, 3.8) is 0 Å². The molecular formula is C11H15N3O6. The molecule has 0 aromatic carbocycles. The Morgan fingerprint density at radius 1 is 1.50 bits per heavy atom. The number of aliphatic hydroxyl groups excluding tert-OH is 2. The number of hydrogen-bond donors (Lipinski definition) is 4. The maximum absolute atomic E-state index is 11.7. The molecule has 0 saturated carbocycles. The van der Waals surface area contributed by atoms with E-state index in [-0.39, 0.29) is 6.42 Å². The van der Waals surface area contributed by atoms with Gasteiger partial charge in [0.1, 0.15) is 6.10 Å². The Hall–Kier alpha value is -1.97. The van der Waals surface area contributed by atoms with E-state index in [0.29, 0.717) is 0 Å². The van der Waals surface area contributed by atoms with E-state index in [1.54, 1.807) is 0 Å². The minimum atomic E-state index is -1.21. The van der Waals surface area contributed by atoms with E-state index in [9.17, 15) is 24.6 Å². The van der Waals surface area contributed by atoms with Crippen molar-refractivity contribution in [1.82, 2.24) is 9.55 Å². The molecule has 2 rings (SSSR count). The SMILES string of the molecule is NC(=O)CC1[C@@H](O)[C@H](n2ccc(=O)[nH]c2=O)O[C@@H]1CO. The Bertz CT molecular complexity index is 609. The molecule has 1 saturated heterocycles. The maximum Gasteiger partial charge on any atom is 0.330 e. The number of nitrogens with zero attached hydrogens (tertiary/aromatic N) is 1. The molecule has 20 heavy (non-hydrogen) atoms. The molecule has 110 valence electrons. The van der Waals surface area contributed by atoms with Gasteiger partial charge in [0.05, 0.1) is 12.7 Å². The fraction of sp³-hybridized carbons (Fsp3) is 0.545. The van der Waals surface area contributed by atoms with E-state index in [1.165, 1.54) is 6.20 Å². The van der Waals surface area contributed by atoms with E-state index in [0.717, 1.165) is 10.6 Å². The Labute approximate surface area is 112 Å². The smallest absolute Gasteiger partial charge is 0.330 e. The molecule has 9 heteroatoms. The number of carbonyl (C=O) groups is 1. The second-order valence-electron chi connectivity index (χ2n) is 4.59. The summed E-state index contributed by atoms with van der Waals surface area (Å²) in [6.07, 6.45) is -2.12. The first-order valence-electron chi connectivity index (χ1n) is 5.98. The Balaban J connectivity index is 2.32. The van der Waals surface area contributed by atoms with E-state index in [1.807, 2.05) is 4.98 Å². The predicted molar refractivity (Wildman–Crippen MR) is 65.6 cm³/mol. The van der Waals surface area contributed by atoms with Crippen LogP contribution in [0.4, 0.5) is 0 Å². The lowest BCUT2D eigenvalue weighted by molar-refractivity contribution is -0.120. The van der Waals surface area contributed by atoms with Gasteiger partial charge in [-0.25, -0.2) is 4.79 Å². The molecule has 0 bridgehead atoms. The third-order valence-corrected chi connectivity index (χ3v) is 3.26. The summed E-state index contributed by atoms with van der Waals surface area (Å²) in [4.78, 5) is 35.7. The van der Waals surface area contributed by atoms with Crippen LogP contribution in [-0.4, -0.2) is 44.5 Å². The van der Waals surface area contributed by atoms with E-state index in [2.05, 4.69) is 0 Å². The fourth-order valence-electron chi connectivity index (χ4n) is 2.31. The van der Waals surface area contributed by atoms with Gasteiger partial charge in [-0.1, -0.05) is 0 Å². The van der Waals surface area contributed by atoms with Crippen LogP contribution in [0.2, 0.25) is 0 Å². The summed E-state index contributed by atoms with van der Waals surface area (Å²) in [5.74, 6) is -1.37. The summed E-state index contributed by atoms with van der Waals surface area (Å²) in [6, 6.07) is 1.10. The first-order chi connectivity index (χ1) is 9.43. The van der Waals surface area contributed by atoms with Crippen molar-refractivity contribution in [2.24, 2.45) is 11.7 Å². The summed E-state index contributed by atoms with van der Waals surface area (Å²) < 4.78 is 6.37. The highest BCUT2D eigenvalue weighted by atomic mass is 16.5. The van der Waals surface area contributed by atoms with Gasteiger partial charge in [-0.05, 0) is 0 Å². The number of rotatable bonds is 4. The van der Waals surface area contributed by atoms with Crippen LogP contribution < -0.4 is 17.0 Å². The van der Waals surface area contributed by atoms with Crippen LogP contribution in [0.5, 0.6) is 0 Å². The van der Waals surface area contributed by atoms with Crippen molar-refractivity contribution in [3.8, 4) is 0 Å². The summed E-state index contributed by atoms with van der Waals surface area (Å²) in [7, 11) is 0. The normalized spacial score (nSPS) is 29.5. The van der Waals surface area contributed by atoms with Crippen LogP contribution in [0.25, 0.3) is 0 Å². The fourth-order valence-corrected chi connectivity index (χ4v) is 2.31. The minimum Gasteiger partial charge on any atom is -0.394 e. The predicted octanol–water partition coefficient (Wildman–Crippen LogP) is -2.72. The highest BCUT2D eigenvalue weighted by molar-refractivity contribution is 5.74. The summed E-state index contributed by atoms with van der Waals surface area (Å²) in [6.45, 7) is -0.427. The average Bonchev–Trinajstić information content (AvgIpc) is 2.67. The highest BCUT2D eigenvalue weighted by Gasteiger charge is 2.45. The second kappa shape index (κ2) is 5.57. The molecule has 0 radical (unpaired) electrons. The molecule has 1 amide bonds. The lowest BCUT2D eigenvalue weighted by Gasteiger charge is -2.18. The molecule has 1 unspecified atom stereocenters. The molecule has 1 aromatic rings. The Kier molecular flexibility index (Phi) is 4.02. The summed E-state index contributed by atoms with van der Waals surface area (Å²) >= 11 is 0. The zero-order valence-electron chi connectivity index (χ0n) is 10.4. The highest BCUT2D eigenvalue weighted by Crippen LogP contribution is 2.34. The Morgan fingerprint density at radius 3 is 2.75 bits per heavy atom. The van der Waals surface area contributed by atoms with Gasteiger partial charge in [-0.2, -0.15) is 0 Å². The van der Waals surface area contributed by atoms with Gasteiger partial charge in [0.15, 0.2) is 6.23 Å². The first kappa shape index (κ1) is 14.4. The number of carbonyl (C=O) groups excluding carboxylic acids is 1. The number of nitrogens with two attached hydrogens (primary N) is 1. The van der Waals surface area contributed by atoms with Crippen LogP contribution in [0.1, 0.15) is 12.6 Å². The number of aromatic nitrogens is 2. The van der Waals surface area contributed by atoms with Crippen molar-refractivity contribution in [2.75, 3.05) is 6.61 Å². The molecule has 1 aromatic heterocycles. The summed E-state index contributed by atoms with van der Waals surface area (Å²) in [5.41, 5.74) is 3.75. The van der Waals surface area contributed by atoms with Gasteiger partial charge in [0.2, 0.25) is 5.91 Å². The van der Waals surface area contributed by atoms with Gasteiger partial charge in [-0.3, -0.25) is 19.1 Å². The lowest BCUT2D eigenvalue weighted by atomic mass is 9.94. The lowest BCUT2D eigenvalue weighted by Crippen LogP contribution is -2.36. The standard InChI is InChI=1S/C11H15N3O6/c12-7(16)3-5-6(4-15)20-10(9(5)18)14-2-1-8(17)13-11(14)19/h1-2,5-6,9-10,15,18H,3-4H2,(H2,12,16)(H,13,17,19)/t5?,6-,9-,10-/m1/s1. The van der Waals surface area contributed by atoms with Gasteiger partial charge in [0, 0.05) is 24.6 Å². The van der Waals surface area contributed by atoms with Crippen molar-refractivity contribution in [3.05, 3.63) is 33.1 Å². The third kappa shape index (κ3) is 2.64. The topological polar surface area (TPSA) is 148 Å². The van der Waals surface area contributed by atoms with Crippen molar-refractivity contribution >= 4 is 5.91 Å². The van der Waals surface area contributed by atoms with Gasteiger partial charge in [-0.15, -0.1) is 0 Å². The zero-order valence-corrected chi connectivity index (χ0v) is 10.4. The molecule has 9 nitrogen and oxygen atoms in total. The number of aliphatic hydroxyl groups is 2. The van der Waals surface area contributed by atoms with Crippen molar-refractivity contribution in [1.29, 1.82) is 0 Å². The second-order valence-corrected chi connectivity index (χ2v) is 4.59. The van der Waals surface area contributed by atoms with E-state index < -0.39 is 48.1 Å².